The molecule has 0 N–H and O–H groups in total. The Bertz CT molecular complexity index is 2670. The molecule has 4 nitrogen and oxygen atoms in total. The lowest BCUT2D eigenvalue weighted by Gasteiger charge is -2.11. The molecule has 260 valence electrons. The van der Waals surface area contributed by atoms with E-state index in [9.17, 15) is 0 Å². The number of nitrogens with zero attached hydrogens (tertiary/aromatic N) is 4. The SMILES string of the molecule is CCCC.c1ccc(-c2ccc3c(c2)c2cnccc2n3-c2ccc(-c3ccc(-n4c5ccncc5c5cc(-c6ccccc6)ccc54)cc3)cc2)cc1. The van der Waals surface area contributed by atoms with Gasteiger partial charge in [0.25, 0.3) is 0 Å². The van der Waals surface area contributed by atoms with Crippen LogP contribution >= 0.6 is 0 Å². The van der Waals surface area contributed by atoms with Gasteiger partial charge in [-0.15, -0.1) is 0 Å². The van der Waals surface area contributed by atoms with Gasteiger partial charge in [-0.3, -0.25) is 9.97 Å². The highest BCUT2D eigenvalue weighted by Gasteiger charge is 2.16. The Hall–Kier alpha value is -6.78. The maximum Gasteiger partial charge on any atom is 0.0571 e. The number of fused-ring (bicyclic) bond motifs is 6. The topological polar surface area (TPSA) is 35.6 Å². The van der Waals surface area contributed by atoms with Gasteiger partial charge in [0.15, 0.2) is 0 Å². The number of aromatic nitrogens is 4. The summed E-state index contributed by atoms with van der Waals surface area (Å²) in [4.78, 5) is 8.97. The molecule has 0 saturated carbocycles. The second kappa shape index (κ2) is 14.3. The van der Waals surface area contributed by atoms with Gasteiger partial charge < -0.3 is 9.13 Å². The summed E-state index contributed by atoms with van der Waals surface area (Å²) in [5, 5.41) is 4.70. The number of pyridine rings is 2. The first-order chi connectivity index (χ1) is 26.7. The summed E-state index contributed by atoms with van der Waals surface area (Å²) in [5.41, 5.74) is 14.1. The molecule has 10 aromatic rings. The first-order valence-corrected chi connectivity index (χ1v) is 18.8. The molecule has 0 atom stereocenters. The Kier molecular flexibility index (Phi) is 8.78. The fourth-order valence-corrected chi connectivity index (χ4v) is 7.51. The Morgan fingerprint density at radius 3 is 1.09 bits per heavy atom. The highest BCUT2D eigenvalue weighted by Crippen LogP contribution is 2.37. The fourth-order valence-electron chi connectivity index (χ4n) is 7.51. The Morgan fingerprint density at radius 1 is 0.352 bits per heavy atom. The van der Waals surface area contributed by atoms with Crippen LogP contribution in [-0.2, 0) is 0 Å². The average molecular weight is 697 g/mol. The second-order valence-corrected chi connectivity index (χ2v) is 13.7. The van der Waals surface area contributed by atoms with Gasteiger partial charge in [-0.1, -0.05) is 124 Å². The molecule has 0 saturated heterocycles. The van der Waals surface area contributed by atoms with Crippen LogP contribution < -0.4 is 0 Å². The van der Waals surface area contributed by atoms with E-state index in [0.29, 0.717) is 0 Å². The zero-order valence-electron chi connectivity index (χ0n) is 30.5. The van der Waals surface area contributed by atoms with Gasteiger partial charge >= 0.3 is 0 Å². The molecule has 4 aromatic heterocycles. The molecular weight excluding hydrogens is 657 g/mol. The van der Waals surface area contributed by atoms with Gasteiger partial charge in [0.2, 0.25) is 0 Å². The number of unbranched alkanes of at least 4 members (excludes halogenated alkanes) is 1. The highest BCUT2D eigenvalue weighted by molar-refractivity contribution is 6.11. The molecule has 0 amide bonds. The first kappa shape index (κ1) is 33.1. The summed E-state index contributed by atoms with van der Waals surface area (Å²) in [6, 6.07) is 56.5. The van der Waals surface area contributed by atoms with Crippen LogP contribution in [0.4, 0.5) is 0 Å². The van der Waals surface area contributed by atoms with E-state index in [1.165, 1.54) is 68.0 Å². The number of hydrogen-bond acceptors (Lipinski definition) is 2. The van der Waals surface area contributed by atoms with E-state index in [4.69, 9.17) is 0 Å². The van der Waals surface area contributed by atoms with Crippen LogP contribution in [0.2, 0.25) is 0 Å². The molecule has 0 aliphatic carbocycles. The highest BCUT2D eigenvalue weighted by atomic mass is 15.0. The molecule has 0 unspecified atom stereocenters. The maximum absolute atomic E-state index is 4.48. The Morgan fingerprint density at radius 2 is 0.704 bits per heavy atom. The largest absolute Gasteiger partial charge is 0.309 e. The van der Waals surface area contributed by atoms with E-state index >= 15 is 0 Å². The Labute approximate surface area is 315 Å². The van der Waals surface area contributed by atoms with Gasteiger partial charge in [0.1, 0.15) is 0 Å². The van der Waals surface area contributed by atoms with Crippen molar-refractivity contribution in [1.82, 2.24) is 19.1 Å². The van der Waals surface area contributed by atoms with Crippen molar-refractivity contribution in [3.05, 3.63) is 183 Å². The van der Waals surface area contributed by atoms with Crippen molar-refractivity contribution >= 4 is 43.6 Å². The predicted octanol–water partition coefficient (Wildman–Crippen LogP) is 13.5. The van der Waals surface area contributed by atoms with Crippen molar-refractivity contribution < 1.29 is 0 Å². The molecular formula is C50H40N4. The third kappa shape index (κ3) is 5.92. The van der Waals surface area contributed by atoms with E-state index in [-0.39, 0.29) is 0 Å². The van der Waals surface area contributed by atoms with Crippen LogP contribution in [0, 0.1) is 0 Å². The van der Waals surface area contributed by atoms with Crippen LogP contribution in [-0.4, -0.2) is 19.1 Å². The summed E-state index contributed by atoms with van der Waals surface area (Å²) in [5.74, 6) is 0. The lowest BCUT2D eigenvalue weighted by atomic mass is 10.0. The van der Waals surface area contributed by atoms with Gasteiger partial charge in [-0.2, -0.15) is 0 Å². The third-order valence-electron chi connectivity index (χ3n) is 10.4. The zero-order chi connectivity index (χ0) is 36.4. The molecule has 4 heteroatoms. The normalized spacial score (nSPS) is 11.3. The molecule has 0 fully saturated rings. The zero-order valence-corrected chi connectivity index (χ0v) is 30.5. The summed E-state index contributed by atoms with van der Waals surface area (Å²) in [7, 11) is 0. The quantitative estimate of drug-likeness (QED) is 0.173. The van der Waals surface area contributed by atoms with E-state index < -0.39 is 0 Å². The van der Waals surface area contributed by atoms with Crippen molar-refractivity contribution in [2.75, 3.05) is 0 Å². The van der Waals surface area contributed by atoms with E-state index in [0.717, 1.165) is 33.2 Å². The molecule has 54 heavy (non-hydrogen) atoms. The lowest BCUT2D eigenvalue weighted by molar-refractivity contribution is 0.886. The lowest BCUT2D eigenvalue weighted by Crippen LogP contribution is -1.95. The van der Waals surface area contributed by atoms with E-state index in [1.54, 1.807) is 0 Å². The van der Waals surface area contributed by atoms with Crippen molar-refractivity contribution in [3.8, 4) is 44.8 Å². The maximum atomic E-state index is 4.48. The van der Waals surface area contributed by atoms with Gasteiger partial charge in [-0.25, -0.2) is 0 Å². The van der Waals surface area contributed by atoms with Crippen molar-refractivity contribution in [3.63, 3.8) is 0 Å². The smallest absolute Gasteiger partial charge is 0.0571 e. The van der Waals surface area contributed by atoms with Crippen LogP contribution in [0.1, 0.15) is 26.7 Å². The van der Waals surface area contributed by atoms with Crippen LogP contribution in [0.25, 0.3) is 88.4 Å². The molecule has 0 aliphatic rings. The summed E-state index contributed by atoms with van der Waals surface area (Å²) in [6.45, 7) is 4.36. The number of benzene rings is 6. The molecule has 0 spiro atoms. The van der Waals surface area contributed by atoms with Gasteiger partial charge in [0.05, 0.1) is 22.1 Å². The summed E-state index contributed by atoms with van der Waals surface area (Å²) >= 11 is 0. The van der Waals surface area contributed by atoms with Crippen molar-refractivity contribution in [2.45, 2.75) is 26.7 Å². The fraction of sp³-hybridized carbons (Fsp3) is 0.0800. The minimum Gasteiger partial charge on any atom is -0.309 e. The minimum absolute atomic E-state index is 1.12. The van der Waals surface area contributed by atoms with Gasteiger partial charge in [-0.05, 0) is 94.0 Å². The Balaban J connectivity index is 0.000000918. The molecule has 10 rings (SSSR count). The number of hydrogen-bond donors (Lipinski definition) is 0. The summed E-state index contributed by atoms with van der Waals surface area (Å²) < 4.78 is 4.68. The summed E-state index contributed by atoms with van der Waals surface area (Å²) in [6.07, 6.45) is 10.4. The van der Waals surface area contributed by atoms with Crippen LogP contribution in [0.3, 0.4) is 0 Å². The van der Waals surface area contributed by atoms with E-state index in [2.05, 4.69) is 191 Å². The number of rotatable bonds is 6. The molecule has 6 aromatic carbocycles. The second-order valence-electron chi connectivity index (χ2n) is 13.7. The van der Waals surface area contributed by atoms with E-state index in [1.807, 2.05) is 24.8 Å². The van der Waals surface area contributed by atoms with Crippen LogP contribution in [0.15, 0.2) is 183 Å². The van der Waals surface area contributed by atoms with Crippen molar-refractivity contribution in [1.29, 1.82) is 0 Å². The first-order valence-electron chi connectivity index (χ1n) is 18.8. The van der Waals surface area contributed by atoms with Gasteiger partial charge in [0, 0.05) is 57.7 Å². The minimum atomic E-state index is 1.12. The monoisotopic (exact) mass is 696 g/mol. The third-order valence-corrected chi connectivity index (χ3v) is 10.4. The average Bonchev–Trinajstić information content (AvgIpc) is 3.77. The molecule has 4 heterocycles. The van der Waals surface area contributed by atoms with Crippen LogP contribution in [0.5, 0.6) is 0 Å². The standard InChI is InChI=1S/C46H30N4.C4H10/c1-3-7-31(8-4-1)35-15-21-43-39(27-35)41-29-47-25-23-45(41)49(43)37-17-11-33(12-18-37)34-13-19-38(20-14-34)50-44-22-16-36(32-9-5-2-6-10-32)28-40(44)42-30-48-26-24-46(42)50;1-3-4-2/h1-30H;3-4H2,1-2H3. The van der Waals surface area contributed by atoms with Crippen molar-refractivity contribution in [2.24, 2.45) is 0 Å². The molecule has 0 radical (unpaired) electrons. The molecule has 0 aliphatic heterocycles. The molecule has 0 bridgehead atoms. The predicted molar refractivity (Wildman–Crippen MR) is 228 cm³/mol.